The summed E-state index contributed by atoms with van der Waals surface area (Å²) in [7, 11) is -1.33. The molecule has 2 aromatic rings. The van der Waals surface area contributed by atoms with Gasteiger partial charge >= 0.3 is 12.1 Å². The molecular formula is C19H20N2O7S2. The topological polar surface area (TPSA) is 119 Å². The van der Waals surface area contributed by atoms with Crippen molar-refractivity contribution in [3.8, 4) is 0 Å². The van der Waals surface area contributed by atoms with Gasteiger partial charge in [-0.15, -0.1) is 11.3 Å². The van der Waals surface area contributed by atoms with E-state index in [1.165, 1.54) is 31.3 Å². The molecule has 1 N–H and O–H groups in total. The van der Waals surface area contributed by atoms with E-state index >= 15 is 0 Å². The fourth-order valence-corrected chi connectivity index (χ4v) is 5.56. The molecule has 0 radical (unpaired) electrons. The van der Waals surface area contributed by atoms with Crippen molar-refractivity contribution >= 4 is 44.1 Å². The van der Waals surface area contributed by atoms with Crippen molar-refractivity contribution < 1.29 is 32.3 Å². The van der Waals surface area contributed by atoms with Crippen LogP contribution in [0.25, 0.3) is 0 Å². The highest BCUT2D eigenvalue weighted by Gasteiger charge is 2.31. The van der Waals surface area contributed by atoms with Crippen LogP contribution >= 0.6 is 11.3 Å². The number of hydrogen-bond acceptors (Lipinski definition) is 8. The maximum Gasteiger partial charge on any atom is 0.409 e. The Morgan fingerprint density at radius 3 is 2.47 bits per heavy atom. The van der Waals surface area contributed by atoms with E-state index in [1.807, 2.05) is 0 Å². The zero-order chi connectivity index (χ0) is 21.9. The molecule has 0 atom stereocenters. The van der Waals surface area contributed by atoms with E-state index in [9.17, 15) is 22.8 Å². The van der Waals surface area contributed by atoms with Crippen LogP contribution in [0.3, 0.4) is 0 Å². The number of rotatable bonds is 5. The molecule has 2 amide bonds. The molecule has 0 fully saturated rings. The Morgan fingerprint density at radius 2 is 1.83 bits per heavy atom. The third-order valence-corrected chi connectivity index (χ3v) is 7.32. The fraction of sp³-hybridized carbons (Fsp3) is 0.316. The summed E-state index contributed by atoms with van der Waals surface area (Å²) in [6.45, 7) is 0.561. The number of benzene rings is 1. The van der Waals surface area contributed by atoms with Crippen molar-refractivity contribution in [2.45, 2.75) is 17.9 Å². The van der Waals surface area contributed by atoms with Crippen molar-refractivity contribution in [1.82, 2.24) is 4.90 Å². The Balaban J connectivity index is 1.85. The van der Waals surface area contributed by atoms with Crippen LogP contribution in [0.5, 0.6) is 0 Å². The molecule has 0 bridgehead atoms. The van der Waals surface area contributed by atoms with Crippen molar-refractivity contribution in [1.29, 1.82) is 0 Å². The lowest BCUT2D eigenvalue weighted by Crippen LogP contribution is -2.35. The Labute approximate surface area is 177 Å². The first kappa shape index (κ1) is 21.8. The standard InChI is InChI=1S/C19H20N2O7S2/c1-27-18(23)16-13-8-9-21(19(24)28-2)10-14(13)29-17(16)20-15(22)11-30(25,26)12-6-4-3-5-7-12/h3-7H,8-11H2,1-2H3,(H,20,22). The molecule has 2 heterocycles. The van der Waals surface area contributed by atoms with Crippen LogP contribution in [0, 0.1) is 0 Å². The smallest absolute Gasteiger partial charge is 0.409 e. The number of thiophene rings is 1. The van der Waals surface area contributed by atoms with E-state index in [4.69, 9.17) is 9.47 Å². The lowest BCUT2D eigenvalue weighted by atomic mass is 10.0. The minimum absolute atomic E-state index is 0.0348. The second-order valence-electron chi connectivity index (χ2n) is 6.46. The third kappa shape index (κ3) is 4.46. The van der Waals surface area contributed by atoms with Crippen LogP contribution in [0.4, 0.5) is 9.80 Å². The molecule has 0 saturated heterocycles. The monoisotopic (exact) mass is 452 g/mol. The number of carbonyl (C=O) groups excluding carboxylic acids is 3. The minimum atomic E-state index is -3.84. The summed E-state index contributed by atoms with van der Waals surface area (Å²) in [5.74, 6) is -2.18. The molecule has 0 saturated carbocycles. The molecule has 160 valence electrons. The molecule has 1 aliphatic rings. The Bertz CT molecular complexity index is 1080. The first-order chi connectivity index (χ1) is 14.3. The summed E-state index contributed by atoms with van der Waals surface area (Å²) in [5, 5.41) is 2.73. The number of ether oxygens (including phenoxy) is 2. The predicted molar refractivity (Wildman–Crippen MR) is 109 cm³/mol. The number of amides is 2. The number of fused-ring (bicyclic) bond motifs is 1. The van der Waals surface area contributed by atoms with E-state index in [0.717, 1.165) is 11.3 Å². The van der Waals surface area contributed by atoms with Crippen LogP contribution in [-0.4, -0.2) is 57.8 Å². The van der Waals surface area contributed by atoms with Gasteiger partial charge in [0.2, 0.25) is 5.91 Å². The second-order valence-corrected chi connectivity index (χ2v) is 9.56. The quantitative estimate of drug-likeness (QED) is 0.690. The van der Waals surface area contributed by atoms with E-state index in [0.29, 0.717) is 23.4 Å². The molecule has 9 nitrogen and oxygen atoms in total. The summed E-state index contributed by atoms with van der Waals surface area (Å²) >= 11 is 1.11. The highest BCUT2D eigenvalue weighted by molar-refractivity contribution is 7.92. The van der Waals surface area contributed by atoms with E-state index in [-0.39, 0.29) is 22.0 Å². The number of sulfone groups is 1. The van der Waals surface area contributed by atoms with Crippen molar-refractivity contribution in [2.75, 3.05) is 31.8 Å². The molecule has 1 aromatic heterocycles. The van der Waals surface area contributed by atoms with E-state index < -0.39 is 33.6 Å². The average Bonchev–Trinajstić information content (AvgIpc) is 3.09. The number of anilines is 1. The fourth-order valence-electron chi connectivity index (χ4n) is 3.14. The Kier molecular flexibility index (Phi) is 6.42. The average molecular weight is 453 g/mol. The lowest BCUT2D eigenvalue weighted by molar-refractivity contribution is -0.113. The van der Waals surface area contributed by atoms with Gasteiger partial charge in [0.25, 0.3) is 0 Å². The molecule has 11 heteroatoms. The van der Waals surface area contributed by atoms with Gasteiger partial charge in [-0.3, -0.25) is 4.79 Å². The van der Waals surface area contributed by atoms with Gasteiger partial charge < -0.3 is 19.7 Å². The summed E-state index contributed by atoms with van der Waals surface area (Å²) in [5.41, 5.74) is 0.862. The Morgan fingerprint density at radius 1 is 1.13 bits per heavy atom. The number of nitrogens with zero attached hydrogens (tertiary/aromatic N) is 1. The van der Waals surface area contributed by atoms with Crippen molar-refractivity contribution in [3.63, 3.8) is 0 Å². The second kappa shape index (κ2) is 8.84. The summed E-state index contributed by atoms with van der Waals surface area (Å²) in [4.78, 5) is 38.8. The Hall–Kier alpha value is -2.92. The van der Waals surface area contributed by atoms with Gasteiger partial charge in [0, 0.05) is 11.4 Å². The van der Waals surface area contributed by atoms with Crippen molar-refractivity contribution in [3.05, 3.63) is 46.3 Å². The first-order valence-corrected chi connectivity index (χ1v) is 11.4. The SMILES string of the molecule is COC(=O)c1c(NC(=O)CS(=O)(=O)c2ccccc2)sc2c1CCN(C(=O)OC)C2. The van der Waals surface area contributed by atoms with E-state index in [1.54, 1.807) is 18.2 Å². The summed E-state index contributed by atoms with van der Waals surface area (Å²) in [6, 6.07) is 7.64. The normalized spacial score (nSPS) is 13.3. The molecule has 0 aliphatic carbocycles. The third-order valence-electron chi connectivity index (χ3n) is 4.56. The summed E-state index contributed by atoms with van der Waals surface area (Å²) < 4.78 is 34.5. The first-order valence-electron chi connectivity index (χ1n) is 8.90. The number of esters is 1. The van der Waals surface area contributed by atoms with Gasteiger partial charge in [-0.25, -0.2) is 18.0 Å². The highest BCUT2D eigenvalue weighted by Crippen LogP contribution is 2.37. The molecule has 3 rings (SSSR count). The predicted octanol–water partition coefficient (Wildman–Crippen LogP) is 2.07. The number of methoxy groups -OCH3 is 2. The van der Waals surface area contributed by atoms with Crippen LogP contribution in [0.15, 0.2) is 35.2 Å². The van der Waals surface area contributed by atoms with Gasteiger partial charge in [-0.05, 0) is 24.1 Å². The molecule has 1 aromatic carbocycles. The number of carbonyl (C=O) groups is 3. The molecule has 0 unspecified atom stereocenters. The molecular weight excluding hydrogens is 432 g/mol. The van der Waals surface area contributed by atoms with Gasteiger partial charge in [-0.1, -0.05) is 18.2 Å². The van der Waals surface area contributed by atoms with Gasteiger partial charge in [0.1, 0.15) is 10.8 Å². The highest BCUT2D eigenvalue weighted by atomic mass is 32.2. The van der Waals surface area contributed by atoms with Crippen LogP contribution in [0.1, 0.15) is 20.8 Å². The summed E-state index contributed by atoms with van der Waals surface area (Å²) in [6.07, 6.45) is -0.114. The molecule has 1 aliphatic heterocycles. The minimum Gasteiger partial charge on any atom is -0.465 e. The number of hydrogen-bond donors (Lipinski definition) is 1. The zero-order valence-corrected chi connectivity index (χ0v) is 18.0. The van der Waals surface area contributed by atoms with Crippen molar-refractivity contribution in [2.24, 2.45) is 0 Å². The zero-order valence-electron chi connectivity index (χ0n) is 16.3. The van der Waals surface area contributed by atoms with Gasteiger partial charge in [0.15, 0.2) is 9.84 Å². The van der Waals surface area contributed by atoms with Gasteiger partial charge in [0.05, 0.1) is 31.2 Å². The lowest BCUT2D eigenvalue weighted by Gasteiger charge is -2.25. The number of nitrogens with one attached hydrogen (secondary N) is 1. The maximum atomic E-state index is 12.5. The van der Waals surface area contributed by atoms with Crippen LogP contribution < -0.4 is 5.32 Å². The van der Waals surface area contributed by atoms with Gasteiger partial charge in [-0.2, -0.15) is 0 Å². The molecule has 0 spiro atoms. The van der Waals surface area contributed by atoms with Crippen LogP contribution in [0.2, 0.25) is 0 Å². The maximum absolute atomic E-state index is 12.5. The largest absolute Gasteiger partial charge is 0.465 e. The molecule has 30 heavy (non-hydrogen) atoms. The van der Waals surface area contributed by atoms with Crippen LogP contribution in [-0.2, 0) is 37.1 Å². The van der Waals surface area contributed by atoms with E-state index in [2.05, 4.69) is 5.32 Å².